The van der Waals surface area contributed by atoms with E-state index in [0.717, 1.165) is 0 Å². The van der Waals surface area contributed by atoms with Gasteiger partial charge in [-0.25, -0.2) is 0 Å². The van der Waals surface area contributed by atoms with Gasteiger partial charge in [0.25, 0.3) is 0 Å². The Bertz CT molecular complexity index is 682. The van der Waals surface area contributed by atoms with Gasteiger partial charge in [-0.05, 0) is 68.3 Å². The monoisotopic (exact) mass is 348 g/mol. The number of nitrogens with zero attached hydrogens (tertiary/aromatic N) is 2. The first-order valence-electron chi connectivity index (χ1n) is 10.5. The van der Waals surface area contributed by atoms with Gasteiger partial charge in [0.1, 0.15) is 0 Å². The SMILES string of the molecule is c1ccc(CCCN2CCCN(C3CCCc4ccccc43)CC2)cc1. The molecule has 0 spiro atoms. The maximum Gasteiger partial charge on any atom is 0.0351 e. The van der Waals surface area contributed by atoms with Crippen molar-refractivity contribution in [1.29, 1.82) is 0 Å². The minimum atomic E-state index is 0.657. The van der Waals surface area contributed by atoms with Gasteiger partial charge in [-0.1, -0.05) is 54.6 Å². The van der Waals surface area contributed by atoms with Gasteiger partial charge in [0.05, 0.1) is 0 Å². The van der Waals surface area contributed by atoms with E-state index in [-0.39, 0.29) is 0 Å². The van der Waals surface area contributed by atoms with Crippen molar-refractivity contribution >= 4 is 0 Å². The summed E-state index contributed by atoms with van der Waals surface area (Å²) >= 11 is 0. The van der Waals surface area contributed by atoms with E-state index in [4.69, 9.17) is 0 Å². The highest BCUT2D eigenvalue weighted by atomic mass is 15.2. The Kier molecular flexibility index (Phi) is 6.03. The third-order valence-corrected chi connectivity index (χ3v) is 6.18. The quantitative estimate of drug-likeness (QED) is 0.772. The Morgan fingerprint density at radius 1 is 0.808 bits per heavy atom. The second-order valence-corrected chi connectivity index (χ2v) is 7.93. The van der Waals surface area contributed by atoms with E-state index >= 15 is 0 Å². The maximum atomic E-state index is 2.77. The first-order chi connectivity index (χ1) is 12.9. The van der Waals surface area contributed by atoms with E-state index in [1.807, 2.05) is 0 Å². The van der Waals surface area contributed by atoms with Crippen molar-refractivity contribution in [3.8, 4) is 0 Å². The molecule has 1 unspecified atom stereocenters. The summed E-state index contributed by atoms with van der Waals surface area (Å²) in [5.74, 6) is 0. The largest absolute Gasteiger partial charge is 0.302 e. The molecule has 4 rings (SSSR count). The van der Waals surface area contributed by atoms with Crippen LogP contribution in [0.3, 0.4) is 0 Å². The molecule has 0 saturated carbocycles. The molecule has 2 aliphatic rings. The van der Waals surface area contributed by atoms with Crippen LogP contribution < -0.4 is 0 Å². The van der Waals surface area contributed by atoms with Crippen LogP contribution in [0.5, 0.6) is 0 Å². The number of aryl methyl sites for hydroxylation is 2. The number of hydrogen-bond acceptors (Lipinski definition) is 2. The molecule has 1 heterocycles. The lowest BCUT2D eigenvalue weighted by Crippen LogP contribution is -2.35. The topological polar surface area (TPSA) is 6.48 Å². The van der Waals surface area contributed by atoms with Crippen LogP contribution in [0.2, 0.25) is 0 Å². The smallest absolute Gasteiger partial charge is 0.0351 e. The fourth-order valence-electron chi connectivity index (χ4n) is 4.79. The highest BCUT2D eigenvalue weighted by Crippen LogP contribution is 2.34. The van der Waals surface area contributed by atoms with Crippen LogP contribution in [0.1, 0.15) is 48.4 Å². The van der Waals surface area contributed by atoms with Gasteiger partial charge in [-0.15, -0.1) is 0 Å². The van der Waals surface area contributed by atoms with E-state index in [1.165, 1.54) is 76.8 Å². The van der Waals surface area contributed by atoms with Crippen LogP contribution in [0.25, 0.3) is 0 Å². The molecular formula is C24H32N2. The van der Waals surface area contributed by atoms with Crippen LogP contribution in [0.15, 0.2) is 54.6 Å². The average molecular weight is 349 g/mol. The molecule has 138 valence electrons. The highest BCUT2D eigenvalue weighted by molar-refractivity contribution is 5.32. The fraction of sp³-hybridized carbons (Fsp3) is 0.500. The van der Waals surface area contributed by atoms with E-state index in [1.54, 1.807) is 11.1 Å². The molecule has 1 saturated heterocycles. The second-order valence-electron chi connectivity index (χ2n) is 7.93. The number of fused-ring (bicyclic) bond motifs is 1. The van der Waals surface area contributed by atoms with Gasteiger partial charge >= 0.3 is 0 Å². The third-order valence-electron chi connectivity index (χ3n) is 6.18. The predicted octanol–water partition coefficient (Wildman–Crippen LogP) is 4.70. The summed E-state index contributed by atoms with van der Waals surface area (Å²) < 4.78 is 0. The minimum absolute atomic E-state index is 0.657. The van der Waals surface area contributed by atoms with E-state index in [0.29, 0.717) is 6.04 Å². The molecule has 1 atom stereocenters. The van der Waals surface area contributed by atoms with E-state index in [2.05, 4.69) is 64.4 Å². The summed E-state index contributed by atoms with van der Waals surface area (Å²) in [7, 11) is 0. The molecule has 2 aromatic carbocycles. The zero-order chi connectivity index (χ0) is 17.6. The normalized spacial score (nSPS) is 21.9. The maximum absolute atomic E-state index is 2.77. The molecule has 0 N–H and O–H groups in total. The van der Waals surface area contributed by atoms with Gasteiger partial charge in [0, 0.05) is 25.7 Å². The Morgan fingerprint density at radius 3 is 2.58 bits per heavy atom. The van der Waals surface area contributed by atoms with E-state index in [9.17, 15) is 0 Å². The Morgan fingerprint density at radius 2 is 1.65 bits per heavy atom. The highest BCUT2D eigenvalue weighted by Gasteiger charge is 2.27. The molecule has 26 heavy (non-hydrogen) atoms. The van der Waals surface area contributed by atoms with Crippen molar-refractivity contribution in [2.45, 2.75) is 44.6 Å². The van der Waals surface area contributed by atoms with Crippen molar-refractivity contribution < 1.29 is 0 Å². The van der Waals surface area contributed by atoms with Crippen LogP contribution in [-0.4, -0.2) is 42.5 Å². The van der Waals surface area contributed by atoms with Crippen LogP contribution in [0.4, 0.5) is 0 Å². The summed E-state index contributed by atoms with van der Waals surface area (Å²) in [4.78, 5) is 5.47. The minimum Gasteiger partial charge on any atom is -0.302 e. The molecule has 2 aromatic rings. The number of benzene rings is 2. The molecule has 1 fully saturated rings. The zero-order valence-electron chi connectivity index (χ0n) is 15.9. The second kappa shape index (κ2) is 8.83. The van der Waals surface area contributed by atoms with E-state index < -0.39 is 0 Å². The number of hydrogen-bond donors (Lipinski definition) is 0. The summed E-state index contributed by atoms with van der Waals surface area (Å²) in [5, 5.41) is 0. The molecule has 2 nitrogen and oxygen atoms in total. The summed E-state index contributed by atoms with van der Waals surface area (Å²) in [6, 6.07) is 20.7. The van der Waals surface area contributed by atoms with Crippen molar-refractivity contribution in [1.82, 2.24) is 9.80 Å². The Labute approximate surface area is 158 Å². The first kappa shape index (κ1) is 17.8. The van der Waals surface area contributed by atoms with Gasteiger partial charge in [0.2, 0.25) is 0 Å². The first-order valence-corrected chi connectivity index (χ1v) is 10.5. The third kappa shape index (κ3) is 4.36. The van der Waals surface area contributed by atoms with Gasteiger partial charge < -0.3 is 4.90 Å². The molecule has 0 bridgehead atoms. The van der Waals surface area contributed by atoms with Gasteiger partial charge in [0.15, 0.2) is 0 Å². The molecular weight excluding hydrogens is 316 g/mol. The lowest BCUT2D eigenvalue weighted by molar-refractivity contribution is 0.181. The lowest BCUT2D eigenvalue weighted by atomic mass is 9.87. The summed E-state index contributed by atoms with van der Waals surface area (Å²) in [6.45, 7) is 6.22. The molecule has 1 aliphatic carbocycles. The predicted molar refractivity (Wildman–Crippen MR) is 110 cm³/mol. The van der Waals surface area contributed by atoms with Crippen molar-refractivity contribution in [3.63, 3.8) is 0 Å². The molecule has 0 radical (unpaired) electrons. The van der Waals surface area contributed by atoms with Crippen LogP contribution in [0, 0.1) is 0 Å². The molecule has 2 heteroatoms. The Balaban J connectivity index is 1.30. The standard InChI is InChI=1S/C24H32N2/c1-2-9-21(10-3-1)11-7-16-25-17-8-18-26(20-19-25)24-15-6-13-22-12-4-5-14-23(22)24/h1-5,9-10,12,14,24H,6-8,11,13,15-20H2. The van der Waals surface area contributed by atoms with Crippen molar-refractivity contribution in [3.05, 3.63) is 71.3 Å². The van der Waals surface area contributed by atoms with Crippen LogP contribution in [-0.2, 0) is 12.8 Å². The summed E-state index contributed by atoms with van der Waals surface area (Å²) in [5.41, 5.74) is 4.67. The van der Waals surface area contributed by atoms with Crippen molar-refractivity contribution in [2.24, 2.45) is 0 Å². The lowest BCUT2D eigenvalue weighted by Gasteiger charge is -2.35. The zero-order valence-corrected chi connectivity index (χ0v) is 15.9. The average Bonchev–Trinajstić information content (AvgIpc) is 2.94. The molecule has 0 aromatic heterocycles. The fourth-order valence-corrected chi connectivity index (χ4v) is 4.79. The van der Waals surface area contributed by atoms with Gasteiger partial charge in [-0.2, -0.15) is 0 Å². The van der Waals surface area contributed by atoms with Gasteiger partial charge in [-0.3, -0.25) is 4.90 Å². The van der Waals surface area contributed by atoms with Crippen molar-refractivity contribution in [2.75, 3.05) is 32.7 Å². The summed E-state index contributed by atoms with van der Waals surface area (Å²) in [6.07, 6.45) is 7.74. The Hall–Kier alpha value is -1.64. The molecule has 0 amide bonds. The molecule has 1 aliphatic heterocycles. The van der Waals surface area contributed by atoms with Crippen LogP contribution >= 0.6 is 0 Å². The number of rotatable bonds is 5.